The zero-order valence-corrected chi connectivity index (χ0v) is 13.5. The first-order chi connectivity index (χ1) is 10.6. The van der Waals surface area contributed by atoms with Crippen molar-refractivity contribution in [3.63, 3.8) is 0 Å². The summed E-state index contributed by atoms with van der Waals surface area (Å²) in [5.41, 5.74) is 7.92. The summed E-state index contributed by atoms with van der Waals surface area (Å²) in [4.78, 5) is 0. The lowest BCUT2D eigenvalue weighted by molar-refractivity contribution is 0.869. The van der Waals surface area contributed by atoms with Crippen LogP contribution >= 0.6 is 0 Å². The molecule has 0 saturated heterocycles. The van der Waals surface area contributed by atoms with Crippen LogP contribution in [0.5, 0.6) is 0 Å². The zero-order valence-electron chi connectivity index (χ0n) is 13.5. The molecular formula is C22H22. The van der Waals surface area contributed by atoms with E-state index < -0.39 is 0 Å². The lowest BCUT2D eigenvalue weighted by Crippen LogP contribution is -1.93. The van der Waals surface area contributed by atoms with Gasteiger partial charge >= 0.3 is 0 Å². The summed E-state index contributed by atoms with van der Waals surface area (Å²) >= 11 is 0. The Morgan fingerprint density at radius 1 is 0.636 bits per heavy atom. The highest BCUT2D eigenvalue weighted by atomic mass is 14.1. The molecule has 3 rings (SSSR count). The number of aryl methyl sites for hydroxylation is 1. The lowest BCUT2D eigenvalue weighted by atomic mass is 9.90. The predicted molar refractivity (Wildman–Crippen MR) is 96.1 cm³/mol. The highest BCUT2D eigenvalue weighted by Gasteiger charge is 2.09. The Labute approximate surface area is 133 Å². The van der Waals surface area contributed by atoms with Crippen molar-refractivity contribution in [3.05, 3.63) is 83.9 Å². The van der Waals surface area contributed by atoms with Crippen LogP contribution in [0.1, 0.15) is 30.9 Å². The van der Waals surface area contributed by atoms with Crippen LogP contribution in [0.4, 0.5) is 0 Å². The highest BCUT2D eigenvalue weighted by Crippen LogP contribution is 2.32. The summed E-state index contributed by atoms with van der Waals surface area (Å²) in [7, 11) is 0. The molecule has 0 aliphatic rings. The molecule has 0 aliphatic heterocycles. The SMILES string of the molecule is Cc1cc(-c2ccccc2)cc(-c2ccccc2C(C)C)c1. The Morgan fingerprint density at radius 2 is 1.27 bits per heavy atom. The fraction of sp³-hybridized carbons (Fsp3) is 0.182. The van der Waals surface area contributed by atoms with Crippen molar-refractivity contribution in [2.75, 3.05) is 0 Å². The van der Waals surface area contributed by atoms with E-state index in [4.69, 9.17) is 0 Å². The van der Waals surface area contributed by atoms with Crippen molar-refractivity contribution in [2.24, 2.45) is 0 Å². The van der Waals surface area contributed by atoms with Gasteiger partial charge in [-0.25, -0.2) is 0 Å². The summed E-state index contributed by atoms with van der Waals surface area (Å²) in [5.74, 6) is 0.525. The molecule has 0 saturated carbocycles. The fourth-order valence-electron chi connectivity index (χ4n) is 3.00. The Kier molecular flexibility index (Phi) is 4.11. The maximum Gasteiger partial charge on any atom is -0.0149 e. The second-order valence-corrected chi connectivity index (χ2v) is 6.20. The van der Waals surface area contributed by atoms with Gasteiger partial charge in [-0.05, 0) is 52.3 Å². The molecule has 0 spiro atoms. The minimum atomic E-state index is 0.525. The maximum absolute atomic E-state index is 2.31. The molecule has 0 N–H and O–H groups in total. The fourth-order valence-corrected chi connectivity index (χ4v) is 3.00. The van der Waals surface area contributed by atoms with Crippen molar-refractivity contribution in [1.82, 2.24) is 0 Å². The van der Waals surface area contributed by atoms with Gasteiger partial charge in [0, 0.05) is 0 Å². The quantitative estimate of drug-likeness (QED) is 0.519. The third-order valence-corrected chi connectivity index (χ3v) is 4.08. The van der Waals surface area contributed by atoms with Crippen LogP contribution in [-0.4, -0.2) is 0 Å². The molecule has 3 aromatic rings. The minimum Gasteiger partial charge on any atom is -0.0622 e. The van der Waals surface area contributed by atoms with Crippen LogP contribution in [0.2, 0.25) is 0 Å². The Morgan fingerprint density at radius 3 is 2.00 bits per heavy atom. The molecule has 0 amide bonds. The largest absolute Gasteiger partial charge is 0.0622 e. The van der Waals surface area contributed by atoms with Crippen LogP contribution in [-0.2, 0) is 0 Å². The first-order valence-corrected chi connectivity index (χ1v) is 7.91. The van der Waals surface area contributed by atoms with Gasteiger partial charge in [0.15, 0.2) is 0 Å². The van der Waals surface area contributed by atoms with Gasteiger partial charge in [0.25, 0.3) is 0 Å². The molecule has 0 aliphatic carbocycles. The molecule has 0 bridgehead atoms. The van der Waals surface area contributed by atoms with Gasteiger partial charge in [-0.15, -0.1) is 0 Å². The molecule has 0 unspecified atom stereocenters. The topological polar surface area (TPSA) is 0 Å². The third-order valence-electron chi connectivity index (χ3n) is 4.08. The van der Waals surface area contributed by atoms with E-state index in [0.717, 1.165) is 0 Å². The van der Waals surface area contributed by atoms with E-state index in [9.17, 15) is 0 Å². The summed E-state index contributed by atoms with van der Waals surface area (Å²) in [6.45, 7) is 6.69. The van der Waals surface area contributed by atoms with Gasteiger partial charge in [-0.1, -0.05) is 80.6 Å². The van der Waals surface area contributed by atoms with E-state index in [1.165, 1.54) is 33.4 Å². The molecule has 0 aromatic heterocycles. The van der Waals surface area contributed by atoms with E-state index in [1.54, 1.807) is 0 Å². The molecule has 0 atom stereocenters. The first-order valence-electron chi connectivity index (χ1n) is 7.91. The summed E-state index contributed by atoms with van der Waals surface area (Å²) in [6, 6.07) is 26.2. The molecule has 3 aromatic carbocycles. The molecule has 0 heteroatoms. The second kappa shape index (κ2) is 6.19. The Balaban J connectivity index is 2.15. The van der Waals surface area contributed by atoms with E-state index in [1.807, 2.05) is 0 Å². The average Bonchev–Trinajstić information content (AvgIpc) is 2.55. The van der Waals surface area contributed by atoms with E-state index >= 15 is 0 Å². The van der Waals surface area contributed by atoms with Gasteiger partial charge in [0.1, 0.15) is 0 Å². The third kappa shape index (κ3) is 2.96. The first kappa shape index (κ1) is 14.6. The Hall–Kier alpha value is -2.34. The number of rotatable bonds is 3. The Bertz CT molecular complexity index is 767. The van der Waals surface area contributed by atoms with Gasteiger partial charge < -0.3 is 0 Å². The molecule has 0 radical (unpaired) electrons. The monoisotopic (exact) mass is 286 g/mol. The molecular weight excluding hydrogens is 264 g/mol. The van der Waals surface area contributed by atoms with E-state index in [2.05, 4.69) is 93.6 Å². The van der Waals surface area contributed by atoms with Crippen molar-refractivity contribution >= 4 is 0 Å². The number of benzene rings is 3. The van der Waals surface area contributed by atoms with Crippen molar-refractivity contribution in [3.8, 4) is 22.3 Å². The predicted octanol–water partition coefficient (Wildman–Crippen LogP) is 6.45. The molecule has 0 fully saturated rings. The summed E-state index contributed by atoms with van der Waals surface area (Å²) in [5, 5.41) is 0. The molecule has 0 nitrogen and oxygen atoms in total. The molecule has 110 valence electrons. The van der Waals surface area contributed by atoms with E-state index in [-0.39, 0.29) is 0 Å². The van der Waals surface area contributed by atoms with Crippen LogP contribution < -0.4 is 0 Å². The number of hydrogen-bond donors (Lipinski definition) is 0. The number of hydrogen-bond acceptors (Lipinski definition) is 0. The molecule has 22 heavy (non-hydrogen) atoms. The van der Waals surface area contributed by atoms with Gasteiger partial charge in [0.05, 0.1) is 0 Å². The zero-order chi connectivity index (χ0) is 15.5. The van der Waals surface area contributed by atoms with Gasteiger partial charge in [-0.3, -0.25) is 0 Å². The smallest absolute Gasteiger partial charge is 0.0149 e. The average molecular weight is 286 g/mol. The highest BCUT2D eigenvalue weighted by molar-refractivity contribution is 5.76. The van der Waals surface area contributed by atoms with Crippen molar-refractivity contribution < 1.29 is 0 Å². The van der Waals surface area contributed by atoms with Crippen molar-refractivity contribution in [2.45, 2.75) is 26.7 Å². The summed E-state index contributed by atoms with van der Waals surface area (Å²) < 4.78 is 0. The van der Waals surface area contributed by atoms with Gasteiger partial charge in [-0.2, -0.15) is 0 Å². The maximum atomic E-state index is 2.31. The van der Waals surface area contributed by atoms with E-state index in [0.29, 0.717) is 5.92 Å². The van der Waals surface area contributed by atoms with Crippen LogP contribution in [0.25, 0.3) is 22.3 Å². The minimum absolute atomic E-state index is 0.525. The second-order valence-electron chi connectivity index (χ2n) is 6.20. The van der Waals surface area contributed by atoms with Crippen molar-refractivity contribution in [1.29, 1.82) is 0 Å². The lowest BCUT2D eigenvalue weighted by Gasteiger charge is -2.15. The van der Waals surface area contributed by atoms with Crippen LogP contribution in [0, 0.1) is 6.92 Å². The summed E-state index contributed by atoms with van der Waals surface area (Å²) in [6.07, 6.45) is 0. The normalized spacial score (nSPS) is 10.9. The molecule has 0 heterocycles. The van der Waals surface area contributed by atoms with Gasteiger partial charge in [0.2, 0.25) is 0 Å². The standard InChI is InChI=1S/C22H22/c1-16(2)21-11-7-8-12-22(21)20-14-17(3)13-19(15-20)18-9-5-4-6-10-18/h4-16H,1-3H3. The van der Waals surface area contributed by atoms with Crippen LogP contribution in [0.3, 0.4) is 0 Å². The van der Waals surface area contributed by atoms with Crippen LogP contribution in [0.15, 0.2) is 72.8 Å².